The zero-order chi connectivity index (χ0) is 14.8. The predicted octanol–water partition coefficient (Wildman–Crippen LogP) is 1.59. The molecule has 1 fully saturated rings. The molecule has 1 aliphatic heterocycles. The van der Waals surface area contributed by atoms with E-state index in [0.717, 1.165) is 18.7 Å². The van der Waals surface area contributed by atoms with Crippen LogP contribution >= 0.6 is 0 Å². The normalized spacial score (nSPS) is 20.9. The van der Waals surface area contributed by atoms with E-state index in [4.69, 9.17) is 9.47 Å². The molecule has 1 saturated heterocycles. The van der Waals surface area contributed by atoms with E-state index >= 15 is 0 Å². The maximum Gasteiger partial charge on any atom is 0.512 e. The fraction of sp³-hybridized carbons (Fsp3) is 0.500. The first-order valence-electron chi connectivity index (χ1n) is 6.28. The summed E-state index contributed by atoms with van der Waals surface area (Å²) in [5.74, 6) is -1.24. The molecule has 0 saturated carbocycles. The van der Waals surface area contributed by atoms with Crippen LogP contribution in [0.1, 0.15) is 0 Å². The minimum absolute atomic E-state index is 0.0723. The molecule has 3 nitrogen and oxygen atoms in total. The quantitative estimate of drug-likeness (QED) is 0.621. The highest BCUT2D eigenvalue weighted by Gasteiger charge is 2.29. The lowest BCUT2D eigenvalue weighted by molar-refractivity contribution is -0.0403. The van der Waals surface area contributed by atoms with E-state index in [1.807, 2.05) is 7.05 Å². The molecule has 0 aliphatic carbocycles. The fourth-order valence-electron chi connectivity index (χ4n) is 2.02. The number of likely N-dealkylation sites (N-methyl/N-ethyl adjacent to an activating group) is 1. The number of benzene rings is 1. The number of rotatable bonds is 4. The first kappa shape index (κ1) is 15.1. The summed E-state index contributed by atoms with van der Waals surface area (Å²) in [6.07, 6.45) is -0.164. The van der Waals surface area contributed by atoms with E-state index in [9.17, 15) is 17.3 Å². The molecular formula is C12H15BF4NO2-. The monoisotopic (exact) mass is 292 g/mol. The Morgan fingerprint density at radius 2 is 2.15 bits per heavy atom. The van der Waals surface area contributed by atoms with Crippen LogP contribution in [-0.4, -0.2) is 51.3 Å². The first-order chi connectivity index (χ1) is 9.36. The van der Waals surface area contributed by atoms with Crippen LogP contribution < -0.4 is 10.2 Å². The van der Waals surface area contributed by atoms with Crippen molar-refractivity contribution in [2.45, 2.75) is 6.10 Å². The minimum Gasteiger partial charge on any atom is -0.491 e. The third kappa shape index (κ3) is 3.86. The number of morpholine rings is 1. The maximum atomic E-state index is 13.3. The van der Waals surface area contributed by atoms with Gasteiger partial charge in [-0.2, -0.15) is 0 Å². The zero-order valence-electron chi connectivity index (χ0n) is 11.0. The van der Waals surface area contributed by atoms with Gasteiger partial charge in [-0.15, -0.1) is 0 Å². The highest BCUT2D eigenvalue weighted by molar-refractivity contribution is 6.73. The lowest BCUT2D eigenvalue weighted by atomic mass is 9.80. The lowest BCUT2D eigenvalue weighted by Gasteiger charge is -2.29. The molecular weight excluding hydrogens is 277 g/mol. The van der Waals surface area contributed by atoms with Gasteiger partial charge in [-0.3, -0.25) is 0 Å². The average molecular weight is 292 g/mol. The SMILES string of the molecule is CN1CCOC(COc2ccc([B-](F)(F)F)c(F)c2)C1. The van der Waals surface area contributed by atoms with Gasteiger partial charge in [0.25, 0.3) is 0 Å². The third-order valence-corrected chi connectivity index (χ3v) is 3.10. The second-order valence-electron chi connectivity index (χ2n) is 4.82. The Morgan fingerprint density at radius 1 is 1.40 bits per heavy atom. The van der Waals surface area contributed by atoms with E-state index in [0.29, 0.717) is 19.2 Å². The summed E-state index contributed by atoms with van der Waals surface area (Å²) in [6.45, 7) is -3.08. The van der Waals surface area contributed by atoms with Gasteiger partial charge in [0.05, 0.1) is 12.4 Å². The van der Waals surface area contributed by atoms with Crippen LogP contribution in [0.25, 0.3) is 0 Å². The molecule has 0 radical (unpaired) electrons. The molecule has 0 bridgehead atoms. The molecule has 0 amide bonds. The van der Waals surface area contributed by atoms with E-state index in [2.05, 4.69) is 4.90 Å². The number of halogens is 4. The van der Waals surface area contributed by atoms with Crippen molar-refractivity contribution in [1.29, 1.82) is 0 Å². The standard InChI is InChI=1S/C12H15BF4NO2/c1-18-4-5-19-10(7-18)8-20-9-2-3-11(12(14)6-9)13(15,16)17/h2-3,6,10H,4-5,7-8H2,1H3/q-1. The van der Waals surface area contributed by atoms with E-state index < -0.39 is 18.3 Å². The smallest absolute Gasteiger partial charge is 0.491 e. The summed E-state index contributed by atoms with van der Waals surface area (Å²) in [5, 5.41) is 0. The van der Waals surface area contributed by atoms with Gasteiger partial charge in [0, 0.05) is 19.2 Å². The number of hydrogen-bond acceptors (Lipinski definition) is 3. The second kappa shape index (κ2) is 6.01. The molecule has 0 N–H and O–H groups in total. The molecule has 1 heterocycles. The first-order valence-corrected chi connectivity index (χ1v) is 6.28. The van der Waals surface area contributed by atoms with Crippen LogP contribution in [0.3, 0.4) is 0 Å². The van der Waals surface area contributed by atoms with Crippen molar-refractivity contribution in [2.75, 3.05) is 33.4 Å². The van der Waals surface area contributed by atoms with Crippen LogP contribution in [0, 0.1) is 5.82 Å². The van der Waals surface area contributed by atoms with Crippen LogP contribution in [-0.2, 0) is 4.74 Å². The van der Waals surface area contributed by atoms with E-state index in [1.54, 1.807) is 0 Å². The summed E-state index contributed by atoms with van der Waals surface area (Å²) in [6, 6.07) is 2.59. The number of ether oxygens (including phenoxy) is 2. The van der Waals surface area contributed by atoms with Gasteiger partial charge < -0.3 is 27.3 Å². The second-order valence-corrected chi connectivity index (χ2v) is 4.82. The molecule has 0 aromatic heterocycles. The zero-order valence-corrected chi connectivity index (χ0v) is 11.0. The van der Waals surface area contributed by atoms with Crippen molar-refractivity contribution in [2.24, 2.45) is 0 Å². The molecule has 1 unspecified atom stereocenters. The Morgan fingerprint density at radius 3 is 2.75 bits per heavy atom. The average Bonchev–Trinajstić information content (AvgIpc) is 2.35. The van der Waals surface area contributed by atoms with Crippen molar-refractivity contribution < 1.29 is 26.8 Å². The van der Waals surface area contributed by atoms with Crippen molar-refractivity contribution in [3.63, 3.8) is 0 Å². The lowest BCUT2D eigenvalue weighted by Crippen LogP contribution is -2.42. The number of nitrogens with zero attached hydrogens (tertiary/aromatic N) is 1. The summed E-state index contributed by atoms with van der Waals surface area (Å²) >= 11 is 0. The Bertz CT molecular complexity index is 469. The Balaban J connectivity index is 1.95. The predicted molar refractivity (Wildman–Crippen MR) is 67.8 cm³/mol. The topological polar surface area (TPSA) is 21.7 Å². The highest BCUT2D eigenvalue weighted by atomic mass is 19.4. The van der Waals surface area contributed by atoms with Gasteiger partial charge in [-0.05, 0) is 13.1 Å². The van der Waals surface area contributed by atoms with Crippen LogP contribution in [0.15, 0.2) is 18.2 Å². The Hall–Kier alpha value is -1.28. The van der Waals surface area contributed by atoms with Gasteiger partial charge in [0.15, 0.2) is 0 Å². The molecule has 1 aromatic rings. The summed E-state index contributed by atoms with van der Waals surface area (Å²) in [4.78, 5) is 2.06. The molecule has 2 rings (SSSR count). The van der Waals surface area contributed by atoms with Crippen LogP contribution in [0.2, 0.25) is 0 Å². The van der Waals surface area contributed by atoms with Gasteiger partial charge >= 0.3 is 6.98 Å². The van der Waals surface area contributed by atoms with Crippen molar-refractivity contribution in [3.05, 3.63) is 24.0 Å². The fourth-order valence-corrected chi connectivity index (χ4v) is 2.02. The molecule has 1 aromatic carbocycles. The number of hydrogen-bond donors (Lipinski definition) is 0. The van der Waals surface area contributed by atoms with Gasteiger partial charge in [-0.1, -0.05) is 11.5 Å². The van der Waals surface area contributed by atoms with Gasteiger partial charge in [-0.25, -0.2) is 4.39 Å². The molecule has 1 atom stereocenters. The molecule has 1 aliphatic rings. The van der Waals surface area contributed by atoms with E-state index in [1.165, 1.54) is 0 Å². The summed E-state index contributed by atoms with van der Waals surface area (Å²) in [7, 11) is 1.94. The largest absolute Gasteiger partial charge is 0.512 e. The van der Waals surface area contributed by atoms with Crippen LogP contribution in [0.4, 0.5) is 17.3 Å². The summed E-state index contributed by atoms with van der Waals surface area (Å²) < 4.78 is 61.4. The van der Waals surface area contributed by atoms with Gasteiger partial charge in [0.2, 0.25) is 0 Å². The molecule has 8 heteroatoms. The van der Waals surface area contributed by atoms with Crippen molar-refractivity contribution in [3.8, 4) is 5.75 Å². The Labute approximate surface area is 114 Å². The Kier molecular flexibility index (Phi) is 4.54. The highest BCUT2D eigenvalue weighted by Crippen LogP contribution is 2.17. The summed E-state index contributed by atoms with van der Waals surface area (Å²) in [5.41, 5.74) is -1.23. The molecule has 20 heavy (non-hydrogen) atoms. The molecule has 112 valence electrons. The van der Waals surface area contributed by atoms with Crippen molar-refractivity contribution in [1.82, 2.24) is 4.90 Å². The van der Waals surface area contributed by atoms with E-state index in [-0.39, 0.29) is 18.5 Å². The minimum atomic E-state index is -5.34. The maximum absolute atomic E-state index is 13.3. The van der Waals surface area contributed by atoms with Crippen molar-refractivity contribution >= 4 is 12.4 Å². The van der Waals surface area contributed by atoms with Crippen LogP contribution in [0.5, 0.6) is 5.75 Å². The third-order valence-electron chi connectivity index (χ3n) is 3.10. The molecule has 0 spiro atoms. The van der Waals surface area contributed by atoms with Gasteiger partial charge in [0.1, 0.15) is 18.5 Å².